The van der Waals surface area contributed by atoms with E-state index in [1.807, 2.05) is 0 Å². The van der Waals surface area contributed by atoms with Gasteiger partial charge in [-0.05, 0) is 24.3 Å². The number of halogens is 7. The van der Waals surface area contributed by atoms with Gasteiger partial charge < -0.3 is 10.1 Å². The van der Waals surface area contributed by atoms with Crippen molar-refractivity contribution in [3.05, 3.63) is 41.0 Å². The van der Waals surface area contributed by atoms with Crippen molar-refractivity contribution in [2.24, 2.45) is 0 Å². The van der Waals surface area contributed by atoms with Crippen LogP contribution in [0.1, 0.15) is 5.56 Å². The Morgan fingerprint density at radius 3 is 2.22 bits per heavy atom. The van der Waals surface area contributed by atoms with Crippen LogP contribution >= 0.6 is 11.6 Å². The molecule has 27 heavy (non-hydrogen) atoms. The second-order valence-electron chi connectivity index (χ2n) is 4.91. The molecule has 0 fully saturated rings. The normalized spacial score (nSPS) is 11.8. The lowest BCUT2D eigenvalue weighted by atomic mass is 10.2. The number of nitrogens with zero attached hydrogens (tertiary/aromatic N) is 2. The zero-order chi connectivity index (χ0) is 20.2. The highest BCUT2D eigenvalue weighted by atomic mass is 35.5. The van der Waals surface area contributed by atoms with E-state index in [1.54, 1.807) is 0 Å². The summed E-state index contributed by atoms with van der Waals surface area (Å²) < 4.78 is 78.2. The van der Waals surface area contributed by atoms with Crippen LogP contribution in [-0.2, 0) is 6.18 Å². The van der Waals surface area contributed by atoms with E-state index in [2.05, 4.69) is 25.3 Å². The van der Waals surface area contributed by atoms with Crippen molar-refractivity contribution in [1.82, 2.24) is 9.97 Å². The van der Waals surface area contributed by atoms with Gasteiger partial charge in [-0.1, -0.05) is 11.6 Å². The number of benzene rings is 1. The van der Waals surface area contributed by atoms with Crippen LogP contribution in [0.2, 0.25) is 5.15 Å². The van der Waals surface area contributed by atoms with Crippen molar-refractivity contribution >= 4 is 29.3 Å². The molecule has 2 aromatic rings. The van der Waals surface area contributed by atoms with E-state index in [0.717, 1.165) is 30.3 Å². The molecule has 0 saturated heterocycles. The number of nitrogens with one attached hydrogen (secondary N) is 2. The summed E-state index contributed by atoms with van der Waals surface area (Å²) in [6.45, 7) is -1.63. The average Bonchev–Trinajstić information content (AvgIpc) is 2.51. The Balaban J connectivity index is 2.02. The molecule has 2 N–H and O–H groups in total. The minimum absolute atomic E-state index is 0.0241. The second-order valence-corrected chi connectivity index (χ2v) is 5.30. The Morgan fingerprint density at radius 2 is 1.67 bits per heavy atom. The molecule has 1 aromatic heterocycles. The van der Waals surface area contributed by atoms with Gasteiger partial charge >= 0.3 is 18.4 Å². The summed E-state index contributed by atoms with van der Waals surface area (Å²) in [7, 11) is 0. The average molecular weight is 415 g/mol. The van der Waals surface area contributed by atoms with Crippen LogP contribution in [0, 0.1) is 0 Å². The van der Waals surface area contributed by atoms with Gasteiger partial charge in [0.1, 0.15) is 5.15 Å². The first-order valence-electron chi connectivity index (χ1n) is 6.92. The smallest absolute Gasteiger partial charge is 0.422 e. The van der Waals surface area contributed by atoms with Gasteiger partial charge in [-0.25, -0.2) is 9.78 Å². The number of rotatable bonds is 4. The molecule has 13 heteroatoms. The first kappa shape index (κ1) is 20.6. The summed E-state index contributed by atoms with van der Waals surface area (Å²) in [4.78, 5) is 18.9. The molecule has 2 rings (SSSR count). The number of hydrogen-bond donors (Lipinski definition) is 2. The summed E-state index contributed by atoms with van der Waals surface area (Å²) in [6, 6.07) is 3.49. The minimum atomic E-state index is -4.61. The quantitative estimate of drug-likeness (QED) is 0.560. The van der Waals surface area contributed by atoms with Crippen molar-refractivity contribution in [1.29, 1.82) is 0 Å². The monoisotopic (exact) mass is 414 g/mol. The van der Waals surface area contributed by atoms with E-state index in [-0.39, 0.29) is 10.8 Å². The van der Waals surface area contributed by atoms with Gasteiger partial charge in [0.2, 0.25) is 11.8 Å². The Hall–Kier alpha value is -2.76. The van der Waals surface area contributed by atoms with Gasteiger partial charge in [0.25, 0.3) is 0 Å². The van der Waals surface area contributed by atoms with Crippen LogP contribution < -0.4 is 15.4 Å². The second kappa shape index (κ2) is 7.86. The SMILES string of the molecule is O=C(Nc1ccc(C(F)(F)F)cc1)Nc1nc(Cl)cc(OCC(F)(F)F)n1. The molecule has 146 valence electrons. The maximum atomic E-state index is 12.5. The first-order chi connectivity index (χ1) is 12.4. The lowest BCUT2D eigenvalue weighted by Gasteiger charge is -2.11. The van der Waals surface area contributed by atoms with Gasteiger partial charge in [-0.2, -0.15) is 31.3 Å². The fourth-order valence-electron chi connectivity index (χ4n) is 1.69. The molecule has 0 unspecified atom stereocenters. The Bertz CT molecular complexity index is 811. The first-order valence-corrected chi connectivity index (χ1v) is 7.29. The largest absolute Gasteiger partial charge is 0.468 e. The predicted octanol–water partition coefficient (Wildman–Crippen LogP) is 4.73. The number of ether oxygens (including phenoxy) is 1. The molecule has 0 spiro atoms. The standard InChI is InChI=1S/C14H9ClF6N4O2/c15-9-5-10(27-6-13(16,17)18)24-11(23-9)25-12(26)22-8-3-1-7(2-4-8)14(19,20)21/h1-5H,6H2,(H2,22,23,24,25,26). The maximum absolute atomic E-state index is 12.5. The number of carbonyl (C=O) groups is 1. The van der Waals surface area contributed by atoms with Gasteiger partial charge in [0.05, 0.1) is 5.56 Å². The predicted molar refractivity (Wildman–Crippen MR) is 82.7 cm³/mol. The van der Waals surface area contributed by atoms with E-state index in [9.17, 15) is 31.1 Å². The zero-order valence-electron chi connectivity index (χ0n) is 13.0. The number of amides is 2. The van der Waals surface area contributed by atoms with Crippen LogP contribution in [0.25, 0.3) is 0 Å². The summed E-state index contributed by atoms with van der Waals surface area (Å²) in [5.74, 6) is -0.999. The molecule has 1 aromatic carbocycles. The highest BCUT2D eigenvalue weighted by Gasteiger charge is 2.30. The highest BCUT2D eigenvalue weighted by Crippen LogP contribution is 2.29. The lowest BCUT2D eigenvalue weighted by Crippen LogP contribution is -2.22. The third-order valence-electron chi connectivity index (χ3n) is 2.75. The van der Waals surface area contributed by atoms with E-state index >= 15 is 0 Å². The number of anilines is 2. The molecule has 0 aliphatic heterocycles. The molecule has 1 heterocycles. The van der Waals surface area contributed by atoms with Crippen LogP contribution in [-0.4, -0.2) is 28.8 Å². The van der Waals surface area contributed by atoms with E-state index in [1.165, 1.54) is 0 Å². The molecule has 0 radical (unpaired) electrons. The Labute approximate surface area is 152 Å². The van der Waals surface area contributed by atoms with E-state index in [0.29, 0.717) is 0 Å². The lowest BCUT2D eigenvalue weighted by molar-refractivity contribution is -0.154. The fourth-order valence-corrected chi connectivity index (χ4v) is 1.86. The zero-order valence-corrected chi connectivity index (χ0v) is 13.7. The van der Waals surface area contributed by atoms with Gasteiger partial charge in [0.15, 0.2) is 6.61 Å². The van der Waals surface area contributed by atoms with Crippen molar-refractivity contribution in [2.45, 2.75) is 12.4 Å². The van der Waals surface area contributed by atoms with Crippen LogP contribution in [0.5, 0.6) is 5.88 Å². The minimum Gasteiger partial charge on any atom is -0.468 e. The molecule has 6 nitrogen and oxygen atoms in total. The summed E-state index contributed by atoms with van der Waals surface area (Å²) in [5, 5.41) is 3.98. The van der Waals surface area contributed by atoms with Gasteiger partial charge in [-0.3, -0.25) is 5.32 Å². The summed E-state index contributed by atoms with van der Waals surface area (Å²) in [6.07, 6.45) is -9.13. The van der Waals surface area contributed by atoms with Crippen LogP contribution in [0.3, 0.4) is 0 Å². The molecule has 0 bridgehead atoms. The molecule has 0 saturated carbocycles. The number of hydrogen-bond acceptors (Lipinski definition) is 4. The third-order valence-corrected chi connectivity index (χ3v) is 2.94. The van der Waals surface area contributed by atoms with E-state index in [4.69, 9.17) is 11.6 Å². The van der Waals surface area contributed by atoms with Crippen LogP contribution in [0.15, 0.2) is 30.3 Å². The number of aromatic nitrogens is 2. The molecule has 0 aliphatic rings. The Kier molecular flexibility index (Phi) is 5.98. The maximum Gasteiger partial charge on any atom is 0.422 e. The number of urea groups is 1. The van der Waals surface area contributed by atoms with Gasteiger partial charge in [0, 0.05) is 11.8 Å². The Morgan fingerprint density at radius 1 is 1.04 bits per heavy atom. The van der Waals surface area contributed by atoms with Gasteiger partial charge in [-0.15, -0.1) is 0 Å². The molecule has 0 aliphatic carbocycles. The molecule has 0 atom stereocenters. The van der Waals surface area contributed by atoms with Crippen molar-refractivity contribution < 1.29 is 35.9 Å². The fraction of sp³-hybridized carbons (Fsp3) is 0.214. The topological polar surface area (TPSA) is 76.1 Å². The summed E-state index contributed by atoms with van der Waals surface area (Å²) >= 11 is 5.61. The highest BCUT2D eigenvalue weighted by molar-refractivity contribution is 6.29. The number of alkyl halides is 6. The third kappa shape index (κ3) is 6.81. The van der Waals surface area contributed by atoms with Crippen molar-refractivity contribution in [3.8, 4) is 5.88 Å². The van der Waals surface area contributed by atoms with E-state index < -0.39 is 42.4 Å². The van der Waals surface area contributed by atoms with Crippen LogP contribution in [0.4, 0.5) is 42.8 Å². The number of carbonyl (C=O) groups excluding carboxylic acids is 1. The van der Waals surface area contributed by atoms with Crippen molar-refractivity contribution in [3.63, 3.8) is 0 Å². The molecular weight excluding hydrogens is 406 g/mol. The molecule has 2 amide bonds. The molecular formula is C14H9ClF6N4O2. The van der Waals surface area contributed by atoms with Crippen molar-refractivity contribution in [2.75, 3.05) is 17.2 Å². The summed E-state index contributed by atoms with van der Waals surface area (Å²) in [5.41, 5.74) is -0.880.